The summed E-state index contributed by atoms with van der Waals surface area (Å²) in [4.78, 5) is 11.1. The molecular weight excluding hydrogens is 212 g/mol. The lowest BCUT2D eigenvalue weighted by Gasteiger charge is -2.17. The molecule has 1 aromatic rings. The van der Waals surface area contributed by atoms with Gasteiger partial charge in [0.2, 0.25) is 0 Å². The molecule has 2 aliphatic carbocycles. The Morgan fingerprint density at radius 2 is 2.29 bits per heavy atom. The highest BCUT2D eigenvalue weighted by Gasteiger charge is 2.62. The first-order valence-electron chi connectivity index (χ1n) is 6.26. The van der Waals surface area contributed by atoms with E-state index >= 15 is 0 Å². The van der Waals surface area contributed by atoms with Crippen molar-refractivity contribution in [3.63, 3.8) is 0 Å². The first kappa shape index (κ1) is 10.8. The minimum Gasteiger partial charge on any atom is -0.472 e. The maximum atomic E-state index is 11.1. The third-order valence-electron chi connectivity index (χ3n) is 4.88. The Kier molecular flexibility index (Phi) is 2.13. The van der Waals surface area contributed by atoms with Crippen LogP contribution in [0.15, 0.2) is 29.1 Å². The lowest BCUT2D eigenvalue weighted by atomic mass is 9.84. The molecule has 2 nitrogen and oxygen atoms in total. The Morgan fingerprint density at radius 3 is 3.00 bits per heavy atom. The van der Waals surface area contributed by atoms with Crippen molar-refractivity contribution in [2.45, 2.75) is 32.6 Å². The molecule has 0 aliphatic heterocycles. The summed E-state index contributed by atoms with van der Waals surface area (Å²) in [6.07, 6.45) is 6.83. The minimum absolute atomic E-state index is 0.170. The fourth-order valence-corrected chi connectivity index (χ4v) is 3.82. The normalized spacial score (nSPS) is 33.2. The van der Waals surface area contributed by atoms with E-state index in [1.807, 2.05) is 12.5 Å². The van der Waals surface area contributed by atoms with Crippen molar-refractivity contribution in [3.8, 4) is 0 Å². The molecule has 1 heterocycles. The second-order valence-electron chi connectivity index (χ2n) is 6.02. The van der Waals surface area contributed by atoms with E-state index in [2.05, 4.69) is 20.4 Å². The number of fused-ring (bicyclic) bond motifs is 2. The highest BCUT2D eigenvalue weighted by Crippen LogP contribution is 2.68. The molecule has 1 aromatic heterocycles. The first-order valence-corrected chi connectivity index (χ1v) is 6.26. The number of aryl methyl sites for hydroxylation is 1. The van der Waals surface area contributed by atoms with Gasteiger partial charge in [0.25, 0.3) is 0 Å². The van der Waals surface area contributed by atoms with Gasteiger partial charge in [0.05, 0.1) is 12.5 Å². The second-order valence-corrected chi connectivity index (χ2v) is 6.02. The second kappa shape index (κ2) is 3.34. The first-order chi connectivity index (χ1) is 8.07. The van der Waals surface area contributed by atoms with Gasteiger partial charge in [-0.2, -0.15) is 0 Å². The number of allylic oxidation sites excluding steroid dienone is 1. The maximum Gasteiger partial charge on any atom is 0.146 e. The average molecular weight is 230 g/mol. The highest BCUT2D eigenvalue weighted by molar-refractivity contribution is 5.75. The van der Waals surface area contributed by atoms with Crippen molar-refractivity contribution in [3.05, 3.63) is 35.8 Å². The Hall–Kier alpha value is -1.31. The number of carbonyl (C=O) groups is 1. The minimum atomic E-state index is 0.170. The van der Waals surface area contributed by atoms with Crippen LogP contribution in [0.5, 0.6) is 0 Å². The number of rotatable bonds is 2. The zero-order chi connectivity index (χ0) is 12.2. The van der Waals surface area contributed by atoms with Crippen molar-refractivity contribution >= 4 is 6.29 Å². The zero-order valence-electron chi connectivity index (χ0n) is 10.4. The number of hydrogen-bond donors (Lipinski definition) is 0. The molecule has 17 heavy (non-hydrogen) atoms. The van der Waals surface area contributed by atoms with E-state index in [4.69, 9.17) is 4.42 Å². The van der Waals surface area contributed by atoms with Crippen LogP contribution in [0.3, 0.4) is 0 Å². The SMILES string of the molecule is C=C(C=O)[C@H]1c2cocc2CC[C@H]2[C@@H]1C2(C)C. The summed E-state index contributed by atoms with van der Waals surface area (Å²) < 4.78 is 5.33. The summed E-state index contributed by atoms with van der Waals surface area (Å²) in [5, 5.41) is 0. The molecule has 3 rings (SSSR count). The van der Waals surface area contributed by atoms with Gasteiger partial charge in [0, 0.05) is 11.5 Å². The summed E-state index contributed by atoms with van der Waals surface area (Å²) in [5.74, 6) is 1.44. The van der Waals surface area contributed by atoms with Crippen LogP contribution in [0.4, 0.5) is 0 Å². The molecule has 0 spiro atoms. The van der Waals surface area contributed by atoms with E-state index in [9.17, 15) is 4.79 Å². The standard InChI is InChI=1S/C15H18O2/c1-9(6-16)13-11-8-17-7-10(11)4-5-12-14(13)15(12,2)3/h6-8,12-14H,1,4-5H2,2-3H3/t12-,13-,14-/m0/s1. The van der Waals surface area contributed by atoms with Gasteiger partial charge >= 0.3 is 0 Å². The van der Waals surface area contributed by atoms with Crippen LogP contribution < -0.4 is 0 Å². The van der Waals surface area contributed by atoms with Gasteiger partial charge in [0.15, 0.2) is 0 Å². The lowest BCUT2D eigenvalue weighted by molar-refractivity contribution is -0.105. The van der Waals surface area contributed by atoms with E-state index in [1.165, 1.54) is 17.5 Å². The van der Waals surface area contributed by atoms with Crippen LogP contribution in [-0.4, -0.2) is 6.29 Å². The van der Waals surface area contributed by atoms with Crippen molar-refractivity contribution < 1.29 is 9.21 Å². The topological polar surface area (TPSA) is 30.2 Å². The van der Waals surface area contributed by atoms with Crippen LogP contribution in [0.2, 0.25) is 0 Å². The van der Waals surface area contributed by atoms with Crippen molar-refractivity contribution in [2.24, 2.45) is 17.3 Å². The highest BCUT2D eigenvalue weighted by atomic mass is 16.3. The van der Waals surface area contributed by atoms with Crippen LogP contribution in [-0.2, 0) is 11.2 Å². The van der Waals surface area contributed by atoms with Crippen LogP contribution in [0.1, 0.15) is 37.3 Å². The maximum absolute atomic E-state index is 11.1. The monoisotopic (exact) mass is 230 g/mol. The van der Waals surface area contributed by atoms with Gasteiger partial charge in [-0.05, 0) is 41.2 Å². The molecule has 2 aliphatic rings. The number of furan rings is 1. The molecule has 0 N–H and O–H groups in total. The molecule has 1 fully saturated rings. The van der Waals surface area contributed by atoms with Crippen molar-refractivity contribution in [1.29, 1.82) is 0 Å². The molecule has 0 bridgehead atoms. The summed E-state index contributed by atoms with van der Waals surface area (Å²) in [7, 11) is 0. The molecule has 0 aromatic carbocycles. The van der Waals surface area contributed by atoms with Crippen LogP contribution in [0.25, 0.3) is 0 Å². The van der Waals surface area contributed by atoms with Crippen LogP contribution in [0, 0.1) is 17.3 Å². The zero-order valence-corrected chi connectivity index (χ0v) is 10.4. The molecule has 0 amide bonds. The Balaban J connectivity index is 2.07. The largest absolute Gasteiger partial charge is 0.472 e. The number of aldehydes is 1. The molecule has 90 valence electrons. The molecule has 2 heteroatoms. The quantitative estimate of drug-likeness (QED) is 0.576. The van der Waals surface area contributed by atoms with Crippen molar-refractivity contribution in [1.82, 2.24) is 0 Å². The summed E-state index contributed by atoms with van der Waals surface area (Å²) in [6, 6.07) is 0. The molecule has 0 saturated heterocycles. The summed E-state index contributed by atoms with van der Waals surface area (Å²) >= 11 is 0. The fraction of sp³-hybridized carbons (Fsp3) is 0.533. The van der Waals surface area contributed by atoms with E-state index in [-0.39, 0.29) is 5.92 Å². The predicted molar refractivity (Wildman–Crippen MR) is 65.7 cm³/mol. The summed E-state index contributed by atoms with van der Waals surface area (Å²) in [6.45, 7) is 8.56. The van der Waals surface area contributed by atoms with Crippen LogP contribution >= 0.6 is 0 Å². The third kappa shape index (κ3) is 1.36. The van der Waals surface area contributed by atoms with Crippen molar-refractivity contribution in [2.75, 3.05) is 0 Å². The molecular formula is C15H18O2. The molecule has 1 saturated carbocycles. The third-order valence-corrected chi connectivity index (χ3v) is 4.88. The van der Waals surface area contributed by atoms with Gasteiger partial charge in [-0.15, -0.1) is 0 Å². The molecule has 0 unspecified atom stereocenters. The van der Waals surface area contributed by atoms with E-state index < -0.39 is 0 Å². The Labute approximate surface area is 102 Å². The fourth-order valence-electron chi connectivity index (χ4n) is 3.82. The van der Waals surface area contributed by atoms with Gasteiger partial charge in [-0.3, -0.25) is 4.79 Å². The van der Waals surface area contributed by atoms with E-state index in [1.54, 1.807) is 0 Å². The van der Waals surface area contributed by atoms with E-state index in [0.717, 1.165) is 18.6 Å². The molecule has 3 atom stereocenters. The average Bonchev–Trinajstić information content (AvgIpc) is 2.65. The van der Waals surface area contributed by atoms with E-state index in [0.29, 0.717) is 16.9 Å². The number of carbonyl (C=O) groups excluding carboxylic acids is 1. The summed E-state index contributed by atoms with van der Waals surface area (Å²) in [5.41, 5.74) is 3.50. The Morgan fingerprint density at radius 1 is 1.53 bits per heavy atom. The number of hydrogen-bond acceptors (Lipinski definition) is 2. The van der Waals surface area contributed by atoms with Gasteiger partial charge in [0.1, 0.15) is 6.29 Å². The van der Waals surface area contributed by atoms with Gasteiger partial charge in [-0.25, -0.2) is 0 Å². The Bertz CT molecular complexity index is 481. The lowest BCUT2D eigenvalue weighted by Crippen LogP contribution is -2.09. The predicted octanol–water partition coefficient (Wildman–Crippen LogP) is 3.34. The van der Waals surface area contributed by atoms with Gasteiger partial charge < -0.3 is 4.42 Å². The smallest absolute Gasteiger partial charge is 0.146 e. The van der Waals surface area contributed by atoms with Gasteiger partial charge in [-0.1, -0.05) is 20.4 Å². The molecule has 0 radical (unpaired) electrons.